The quantitative estimate of drug-likeness (QED) is 0.388. The molecule has 0 saturated carbocycles. The van der Waals surface area contributed by atoms with Crippen LogP contribution < -0.4 is 5.32 Å². The van der Waals surface area contributed by atoms with Crippen molar-refractivity contribution >= 4 is 17.3 Å². The Morgan fingerprint density at radius 1 is 1.43 bits per heavy atom. The third kappa shape index (κ3) is 3.55. The first-order valence-corrected chi connectivity index (χ1v) is 5.58. The molecule has 0 aliphatic carbocycles. The molecule has 8 heteroatoms. The van der Waals surface area contributed by atoms with Crippen LogP contribution in [0.25, 0.3) is 0 Å². The van der Waals surface area contributed by atoms with Gasteiger partial charge < -0.3 is 10.1 Å². The highest BCUT2D eigenvalue weighted by atomic mass is 16.6. The monoisotopic (exact) mass is 286 g/mol. The number of hydrogen-bond acceptors (Lipinski definition) is 7. The van der Waals surface area contributed by atoms with Gasteiger partial charge in [-0.15, -0.1) is 0 Å². The van der Waals surface area contributed by atoms with Gasteiger partial charge in [0.2, 0.25) is 0 Å². The number of benzene rings is 1. The maximum atomic E-state index is 11.6. The summed E-state index contributed by atoms with van der Waals surface area (Å²) in [7, 11) is 1.16. The lowest BCUT2D eigenvalue weighted by molar-refractivity contribution is -0.385. The van der Waals surface area contributed by atoms with E-state index in [1.807, 2.05) is 0 Å². The smallest absolute Gasteiger partial charge is 0.338 e. The van der Waals surface area contributed by atoms with Crippen LogP contribution in [0, 0.1) is 39.7 Å². The molecule has 1 N–H and O–H groups in total. The first-order chi connectivity index (χ1) is 9.94. The van der Waals surface area contributed by atoms with Crippen LogP contribution in [0.3, 0.4) is 0 Å². The lowest BCUT2D eigenvalue weighted by atomic mass is 10.1. The number of methoxy groups -OCH3 is 1. The minimum Gasteiger partial charge on any atom is -0.465 e. The summed E-state index contributed by atoms with van der Waals surface area (Å²) in [4.78, 5) is 22.0. The molecule has 8 nitrogen and oxygen atoms in total. The van der Waals surface area contributed by atoms with Crippen LogP contribution >= 0.6 is 0 Å². The molecular weight excluding hydrogens is 276 g/mol. The Kier molecular flexibility index (Phi) is 4.99. The number of carbonyl (C=O) groups is 1. The molecule has 0 unspecified atom stereocenters. The molecule has 0 amide bonds. The fourth-order valence-electron chi connectivity index (χ4n) is 1.54. The number of anilines is 1. The van der Waals surface area contributed by atoms with Crippen molar-refractivity contribution in [2.45, 2.75) is 6.92 Å². The number of nitriles is 2. The lowest BCUT2D eigenvalue weighted by Gasteiger charge is -2.08. The SMILES string of the molecule is COC(=O)c1cc(NC=C(C#N)C#N)cc([N+](=O)[O-])c1C. The van der Waals surface area contributed by atoms with Gasteiger partial charge in [-0.05, 0) is 13.0 Å². The van der Waals surface area contributed by atoms with Gasteiger partial charge in [-0.25, -0.2) is 4.79 Å². The summed E-state index contributed by atoms with van der Waals surface area (Å²) in [6, 6.07) is 5.81. The summed E-state index contributed by atoms with van der Waals surface area (Å²) in [6.45, 7) is 1.43. The van der Waals surface area contributed by atoms with E-state index in [9.17, 15) is 14.9 Å². The van der Waals surface area contributed by atoms with E-state index in [-0.39, 0.29) is 28.1 Å². The fraction of sp³-hybridized carbons (Fsp3) is 0.154. The third-order valence-corrected chi connectivity index (χ3v) is 2.61. The van der Waals surface area contributed by atoms with Crippen LogP contribution in [0.5, 0.6) is 0 Å². The Morgan fingerprint density at radius 2 is 2.05 bits per heavy atom. The fourth-order valence-corrected chi connectivity index (χ4v) is 1.54. The molecule has 0 radical (unpaired) electrons. The summed E-state index contributed by atoms with van der Waals surface area (Å²) < 4.78 is 4.57. The standard InChI is InChI=1S/C13H10N4O4/c1-8-11(13(18)21-2)3-10(4-12(8)17(19)20)16-7-9(5-14)6-15/h3-4,7,16H,1-2H3. The van der Waals surface area contributed by atoms with Crippen molar-refractivity contribution in [3.8, 4) is 12.1 Å². The van der Waals surface area contributed by atoms with E-state index >= 15 is 0 Å². The Hall–Kier alpha value is -3.39. The number of rotatable bonds is 4. The molecule has 0 fully saturated rings. The zero-order valence-electron chi connectivity index (χ0n) is 11.2. The molecule has 106 valence electrons. The van der Waals surface area contributed by atoms with Crippen molar-refractivity contribution in [3.05, 3.63) is 45.1 Å². The molecule has 0 bridgehead atoms. The van der Waals surface area contributed by atoms with Crippen LogP contribution in [0.1, 0.15) is 15.9 Å². The molecule has 1 aromatic rings. The first-order valence-electron chi connectivity index (χ1n) is 5.58. The van der Waals surface area contributed by atoms with Crippen molar-refractivity contribution in [2.24, 2.45) is 0 Å². The molecule has 0 aliphatic rings. The third-order valence-electron chi connectivity index (χ3n) is 2.61. The van der Waals surface area contributed by atoms with Gasteiger partial charge in [0.05, 0.1) is 17.6 Å². The van der Waals surface area contributed by atoms with Crippen molar-refractivity contribution in [2.75, 3.05) is 12.4 Å². The average molecular weight is 286 g/mol. The highest BCUT2D eigenvalue weighted by Gasteiger charge is 2.20. The first kappa shape index (κ1) is 15.7. The van der Waals surface area contributed by atoms with Gasteiger partial charge in [-0.2, -0.15) is 10.5 Å². The van der Waals surface area contributed by atoms with Crippen LogP contribution in [0.15, 0.2) is 23.9 Å². The van der Waals surface area contributed by atoms with Crippen molar-refractivity contribution in [1.82, 2.24) is 0 Å². The second-order valence-corrected chi connectivity index (χ2v) is 3.84. The zero-order chi connectivity index (χ0) is 16.0. The minimum atomic E-state index is -0.719. The van der Waals surface area contributed by atoms with E-state index < -0.39 is 10.9 Å². The predicted molar refractivity (Wildman–Crippen MR) is 72.1 cm³/mol. The Morgan fingerprint density at radius 3 is 2.52 bits per heavy atom. The van der Waals surface area contributed by atoms with Crippen molar-refractivity contribution in [1.29, 1.82) is 10.5 Å². The highest BCUT2D eigenvalue weighted by molar-refractivity contribution is 5.93. The summed E-state index contributed by atoms with van der Waals surface area (Å²) in [6.07, 6.45) is 1.09. The minimum absolute atomic E-state index is 0.0260. The van der Waals surface area contributed by atoms with Crippen LogP contribution in [-0.2, 0) is 4.74 Å². The molecule has 0 aliphatic heterocycles. The van der Waals surface area contributed by atoms with E-state index in [0.717, 1.165) is 13.3 Å². The number of nitro groups is 1. The molecule has 0 aromatic heterocycles. The number of nitro benzene ring substituents is 1. The van der Waals surface area contributed by atoms with Gasteiger partial charge in [-0.3, -0.25) is 10.1 Å². The predicted octanol–water partition coefficient (Wildman–Crippen LogP) is 2.03. The molecule has 1 aromatic carbocycles. The molecule has 21 heavy (non-hydrogen) atoms. The number of nitrogens with zero attached hydrogens (tertiary/aromatic N) is 3. The lowest BCUT2D eigenvalue weighted by Crippen LogP contribution is -2.07. The Labute approximate surface area is 120 Å². The van der Waals surface area contributed by atoms with Gasteiger partial charge in [0.1, 0.15) is 17.7 Å². The summed E-state index contributed by atoms with van der Waals surface area (Å²) in [5, 5.41) is 30.8. The second kappa shape index (κ2) is 6.68. The van der Waals surface area contributed by atoms with Crippen LogP contribution in [0.2, 0.25) is 0 Å². The van der Waals surface area contributed by atoms with Crippen LogP contribution in [-0.4, -0.2) is 18.0 Å². The van der Waals surface area contributed by atoms with Crippen molar-refractivity contribution < 1.29 is 14.5 Å². The van der Waals surface area contributed by atoms with Gasteiger partial charge in [0.15, 0.2) is 0 Å². The number of nitrogens with one attached hydrogen (secondary N) is 1. The number of esters is 1. The molecule has 0 saturated heterocycles. The topological polar surface area (TPSA) is 129 Å². The maximum absolute atomic E-state index is 11.6. The summed E-state index contributed by atoms with van der Waals surface area (Å²) in [5.41, 5.74) is -0.0990. The van der Waals surface area contributed by atoms with Crippen LogP contribution in [0.4, 0.5) is 11.4 Å². The van der Waals surface area contributed by atoms with E-state index in [0.29, 0.717) is 0 Å². The number of ether oxygens (including phenoxy) is 1. The molecule has 0 atom stereocenters. The van der Waals surface area contributed by atoms with Gasteiger partial charge in [-0.1, -0.05) is 0 Å². The zero-order valence-corrected chi connectivity index (χ0v) is 11.2. The van der Waals surface area contributed by atoms with E-state index in [4.69, 9.17) is 10.5 Å². The Bertz CT molecular complexity index is 694. The Balaban J connectivity index is 3.36. The molecule has 0 heterocycles. The highest BCUT2D eigenvalue weighted by Crippen LogP contribution is 2.27. The molecule has 1 rings (SSSR count). The van der Waals surface area contributed by atoms with Crippen molar-refractivity contribution in [3.63, 3.8) is 0 Å². The molecule has 0 spiro atoms. The average Bonchev–Trinajstić information content (AvgIpc) is 2.48. The normalized spacial score (nSPS) is 8.95. The summed E-state index contributed by atoms with van der Waals surface area (Å²) >= 11 is 0. The van der Waals surface area contributed by atoms with E-state index in [1.54, 1.807) is 12.1 Å². The van der Waals surface area contributed by atoms with E-state index in [2.05, 4.69) is 10.1 Å². The van der Waals surface area contributed by atoms with Gasteiger partial charge >= 0.3 is 5.97 Å². The van der Waals surface area contributed by atoms with Gasteiger partial charge in [0.25, 0.3) is 5.69 Å². The van der Waals surface area contributed by atoms with Gasteiger partial charge in [0, 0.05) is 23.5 Å². The number of hydrogen-bond donors (Lipinski definition) is 1. The number of carbonyl (C=O) groups excluding carboxylic acids is 1. The van der Waals surface area contributed by atoms with E-state index in [1.165, 1.54) is 19.1 Å². The summed E-state index contributed by atoms with van der Waals surface area (Å²) in [5.74, 6) is -0.719. The molecular formula is C13H10N4O4. The number of allylic oxidation sites excluding steroid dienone is 1. The maximum Gasteiger partial charge on any atom is 0.338 e. The largest absolute Gasteiger partial charge is 0.465 e. The second-order valence-electron chi connectivity index (χ2n) is 3.84.